The van der Waals surface area contributed by atoms with Gasteiger partial charge in [0.05, 0.1) is 32.6 Å². The number of methoxy groups -OCH3 is 1. The van der Waals surface area contributed by atoms with Crippen LogP contribution in [-0.4, -0.2) is 72.2 Å². The van der Waals surface area contributed by atoms with Crippen LogP contribution in [0, 0.1) is 0 Å². The predicted octanol–water partition coefficient (Wildman–Crippen LogP) is 3.28. The minimum absolute atomic E-state index is 0. The summed E-state index contributed by atoms with van der Waals surface area (Å²) >= 11 is 0. The number of nitrogens with one attached hydrogen (secondary N) is 2. The first kappa shape index (κ1) is 26.8. The third kappa shape index (κ3) is 9.70. The van der Waals surface area contributed by atoms with Gasteiger partial charge in [-0.2, -0.15) is 0 Å². The SMILES string of the molecule is CCCCOCCOCCNC(=NC)NC1CCCN(c2ccccc2OC)C1.I. The molecule has 0 saturated carbocycles. The predicted molar refractivity (Wildman–Crippen MR) is 135 cm³/mol. The summed E-state index contributed by atoms with van der Waals surface area (Å²) in [4.78, 5) is 6.74. The molecule has 0 amide bonds. The van der Waals surface area contributed by atoms with Crippen molar-refractivity contribution in [1.82, 2.24) is 10.6 Å². The molecular weight excluding hydrogens is 495 g/mol. The lowest BCUT2D eigenvalue weighted by atomic mass is 10.0. The summed E-state index contributed by atoms with van der Waals surface area (Å²) in [6.07, 6.45) is 4.53. The molecule has 2 rings (SSSR count). The summed E-state index contributed by atoms with van der Waals surface area (Å²) in [6.45, 7) is 7.60. The normalized spacial score (nSPS) is 16.7. The van der Waals surface area contributed by atoms with E-state index in [1.807, 2.05) is 12.1 Å². The van der Waals surface area contributed by atoms with Crippen molar-refractivity contribution in [3.05, 3.63) is 24.3 Å². The van der Waals surface area contributed by atoms with E-state index in [2.05, 4.69) is 39.6 Å². The largest absolute Gasteiger partial charge is 0.495 e. The number of halogens is 1. The standard InChI is InChI=1S/C22H38N4O3.HI/c1-4-5-14-28-16-17-29-15-12-24-22(23-2)25-19-9-8-13-26(18-19)20-10-6-7-11-21(20)27-3;/h6-7,10-11,19H,4-5,8-9,12-18H2,1-3H3,(H2,23,24,25);1H. The molecule has 1 fully saturated rings. The van der Waals surface area contributed by atoms with E-state index in [1.54, 1.807) is 14.2 Å². The van der Waals surface area contributed by atoms with Gasteiger partial charge >= 0.3 is 0 Å². The van der Waals surface area contributed by atoms with Gasteiger partial charge in [-0.05, 0) is 31.4 Å². The Hall–Kier alpha value is -1.26. The number of nitrogens with zero attached hydrogens (tertiary/aromatic N) is 2. The molecule has 7 nitrogen and oxygen atoms in total. The third-order valence-corrected chi connectivity index (χ3v) is 4.96. The van der Waals surface area contributed by atoms with Crippen molar-refractivity contribution in [1.29, 1.82) is 0 Å². The van der Waals surface area contributed by atoms with Gasteiger partial charge in [0.2, 0.25) is 0 Å². The van der Waals surface area contributed by atoms with Crippen LogP contribution in [0.2, 0.25) is 0 Å². The number of guanidine groups is 1. The molecule has 2 N–H and O–H groups in total. The summed E-state index contributed by atoms with van der Waals surface area (Å²) < 4.78 is 16.6. The molecule has 0 aliphatic carbocycles. The van der Waals surface area contributed by atoms with Gasteiger partial charge in [0, 0.05) is 39.3 Å². The van der Waals surface area contributed by atoms with E-state index < -0.39 is 0 Å². The minimum Gasteiger partial charge on any atom is -0.495 e. The van der Waals surface area contributed by atoms with Crippen molar-refractivity contribution in [2.24, 2.45) is 4.99 Å². The molecular formula is C22H39IN4O3. The Morgan fingerprint density at radius 1 is 1.17 bits per heavy atom. The summed E-state index contributed by atoms with van der Waals surface area (Å²) in [5, 5.41) is 6.88. The van der Waals surface area contributed by atoms with Crippen LogP contribution in [-0.2, 0) is 9.47 Å². The van der Waals surface area contributed by atoms with E-state index in [-0.39, 0.29) is 24.0 Å². The van der Waals surface area contributed by atoms with Gasteiger partial charge in [-0.25, -0.2) is 0 Å². The van der Waals surface area contributed by atoms with Crippen LogP contribution in [0.4, 0.5) is 5.69 Å². The molecule has 30 heavy (non-hydrogen) atoms. The second kappa shape index (κ2) is 16.4. The van der Waals surface area contributed by atoms with Crippen molar-refractivity contribution < 1.29 is 14.2 Å². The number of anilines is 1. The smallest absolute Gasteiger partial charge is 0.191 e. The van der Waals surface area contributed by atoms with Crippen molar-refractivity contribution in [2.75, 3.05) is 65.1 Å². The van der Waals surface area contributed by atoms with Crippen LogP contribution in [0.1, 0.15) is 32.6 Å². The van der Waals surface area contributed by atoms with E-state index in [1.165, 1.54) is 0 Å². The maximum Gasteiger partial charge on any atom is 0.191 e. The first-order valence-corrected chi connectivity index (χ1v) is 10.8. The lowest BCUT2D eigenvalue weighted by Crippen LogP contribution is -2.51. The number of aliphatic imine (C=N–C) groups is 1. The Morgan fingerprint density at radius 3 is 2.67 bits per heavy atom. The van der Waals surface area contributed by atoms with Crippen molar-refractivity contribution in [3.63, 3.8) is 0 Å². The van der Waals surface area contributed by atoms with Gasteiger partial charge < -0.3 is 29.7 Å². The lowest BCUT2D eigenvalue weighted by molar-refractivity contribution is 0.0487. The zero-order valence-corrected chi connectivity index (χ0v) is 21.0. The Bertz CT molecular complexity index is 604. The topological polar surface area (TPSA) is 67.4 Å². The second-order valence-electron chi connectivity index (χ2n) is 7.18. The van der Waals surface area contributed by atoms with Crippen LogP contribution < -0.4 is 20.3 Å². The molecule has 1 aromatic carbocycles. The van der Waals surface area contributed by atoms with E-state index in [0.717, 1.165) is 69.3 Å². The number of hydrogen-bond donors (Lipinski definition) is 2. The fourth-order valence-electron chi connectivity index (χ4n) is 3.40. The van der Waals surface area contributed by atoms with Crippen LogP contribution in [0.3, 0.4) is 0 Å². The molecule has 1 saturated heterocycles. The Kier molecular flexibility index (Phi) is 14.7. The fourth-order valence-corrected chi connectivity index (χ4v) is 3.40. The van der Waals surface area contributed by atoms with E-state index >= 15 is 0 Å². The zero-order chi connectivity index (χ0) is 20.7. The Balaban J connectivity index is 0.00000450. The zero-order valence-electron chi connectivity index (χ0n) is 18.7. The average molecular weight is 534 g/mol. The van der Waals surface area contributed by atoms with Gasteiger partial charge in [0.1, 0.15) is 5.75 Å². The second-order valence-corrected chi connectivity index (χ2v) is 7.18. The monoisotopic (exact) mass is 534 g/mol. The highest BCUT2D eigenvalue weighted by Crippen LogP contribution is 2.29. The average Bonchev–Trinajstić information content (AvgIpc) is 2.77. The maximum atomic E-state index is 5.61. The third-order valence-electron chi connectivity index (χ3n) is 4.96. The molecule has 1 atom stereocenters. The summed E-state index contributed by atoms with van der Waals surface area (Å²) in [7, 11) is 3.53. The highest BCUT2D eigenvalue weighted by atomic mass is 127. The van der Waals surface area contributed by atoms with Crippen LogP contribution in [0.15, 0.2) is 29.3 Å². The van der Waals surface area contributed by atoms with Crippen molar-refractivity contribution >= 4 is 35.6 Å². The van der Waals surface area contributed by atoms with Crippen molar-refractivity contribution in [2.45, 2.75) is 38.6 Å². The van der Waals surface area contributed by atoms with Crippen LogP contribution >= 0.6 is 24.0 Å². The molecule has 1 aromatic rings. The van der Waals surface area contributed by atoms with Gasteiger partial charge in [-0.15, -0.1) is 24.0 Å². The highest BCUT2D eigenvalue weighted by Gasteiger charge is 2.22. The summed E-state index contributed by atoms with van der Waals surface area (Å²) in [5.41, 5.74) is 1.15. The molecule has 0 spiro atoms. The molecule has 1 aliphatic heterocycles. The number of benzene rings is 1. The van der Waals surface area contributed by atoms with Crippen molar-refractivity contribution in [3.8, 4) is 5.75 Å². The van der Waals surface area contributed by atoms with Crippen LogP contribution in [0.25, 0.3) is 0 Å². The first-order chi connectivity index (χ1) is 14.3. The first-order valence-electron chi connectivity index (χ1n) is 10.8. The number of ether oxygens (including phenoxy) is 3. The maximum absolute atomic E-state index is 5.61. The quantitative estimate of drug-likeness (QED) is 0.186. The van der Waals surface area contributed by atoms with Crippen LogP contribution in [0.5, 0.6) is 5.75 Å². The molecule has 172 valence electrons. The Morgan fingerprint density at radius 2 is 1.93 bits per heavy atom. The number of piperidine rings is 1. The molecule has 0 bridgehead atoms. The molecule has 1 heterocycles. The fraction of sp³-hybridized carbons (Fsp3) is 0.682. The van der Waals surface area contributed by atoms with Gasteiger partial charge in [-0.3, -0.25) is 4.99 Å². The molecule has 0 aromatic heterocycles. The lowest BCUT2D eigenvalue weighted by Gasteiger charge is -2.36. The molecule has 8 heteroatoms. The van der Waals surface area contributed by atoms with E-state index in [4.69, 9.17) is 14.2 Å². The van der Waals surface area contributed by atoms with Gasteiger partial charge in [-0.1, -0.05) is 25.5 Å². The van der Waals surface area contributed by atoms with E-state index in [0.29, 0.717) is 25.9 Å². The number of hydrogen-bond acceptors (Lipinski definition) is 5. The summed E-state index contributed by atoms with van der Waals surface area (Å²) in [5.74, 6) is 1.74. The Labute approximate surface area is 199 Å². The van der Waals surface area contributed by atoms with Gasteiger partial charge in [0.25, 0.3) is 0 Å². The minimum atomic E-state index is 0. The summed E-state index contributed by atoms with van der Waals surface area (Å²) in [6, 6.07) is 8.55. The van der Waals surface area contributed by atoms with Gasteiger partial charge in [0.15, 0.2) is 5.96 Å². The number of unbranched alkanes of at least 4 members (excludes halogenated alkanes) is 1. The van der Waals surface area contributed by atoms with E-state index in [9.17, 15) is 0 Å². The highest BCUT2D eigenvalue weighted by molar-refractivity contribution is 14.0. The number of para-hydroxylation sites is 2. The number of rotatable bonds is 12. The molecule has 1 unspecified atom stereocenters. The molecule has 1 aliphatic rings. The molecule has 0 radical (unpaired) electrons.